The third kappa shape index (κ3) is 4.61. The molecule has 2 atom stereocenters. The van der Waals surface area contributed by atoms with E-state index in [9.17, 15) is 4.79 Å². The number of benzene rings is 1. The summed E-state index contributed by atoms with van der Waals surface area (Å²) in [4.78, 5) is 20.8. The molecular formula is C23H28N4O3S. The van der Waals surface area contributed by atoms with Gasteiger partial charge in [0.2, 0.25) is 11.9 Å². The van der Waals surface area contributed by atoms with Crippen molar-refractivity contribution in [3.63, 3.8) is 0 Å². The number of piperidine rings is 1. The van der Waals surface area contributed by atoms with E-state index in [4.69, 9.17) is 14.5 Å². The van der Waals surface area contributed by atoms with Gasteiger partial charge < -0.3 is 19.7 Å². The molecule has 0 spiro atoms. The summed E-state index contributed by atoms with van der Waals surface area (Å²) in [5.41, 5.74) is 2.09. The molecule has 4 heterocycles. The molecule has 2 aromatic heterocycles. The van der Waals surface area contributed by atoms with Gasteiger partial charge in [-0.15, -0.1) is 11.3 Å². The summed E-state index contributed by atoms with van der Waals surface area (Å²) in [5, 5.41) is 5.51. The van der Waals surface area contributed by atoms with Gasteiger partial charge in [-0.05, 0) is 37.8 Å². The molecule has 1 N–H and O–H groups in total. The lowest BCUT2D eigenvalue weighted by molar-refractivity contribution is -0.138. The Hall–Kier alpha value is -2.42. The zero-order valence-corrected chi connectivity index (χ0v) is 18.4. The predicted octanol–water partition coefficient (Wildman–Crippen LogP) is 4.04. The van der Waals surface area contributed by atoms with E-state index in [1.807, 2.05) is 41.4 Å². The summed E-state index contributed by atoms with van der Waals surface area (Å²) in [6.45, 7) is 2.92. The number of fused-ring (bicyclic) bond motifs is 1. The average Bonchev–Trinajstić information content (AvgIpc) is 3.54. The van der Waals surface area contributed by atoms with Crippen molar-refractivity contribution >= 4 is 33.7 Å². The molecule has 7 nitrogen and oxygen atoms in total. The lowest BCUT2D eigenvalue weighted by Crippen LogP contribution is -2.41. The number of carbonyl (C=O) groups is 1. The number of aromatic nitrogens is 2. The number of likely N-dealkylation sites (tertiary alicyclic amines) is 1. The molecule has 0 bridgehead atoms. The Morgan fingerprint density at radius 1 is 1.26 bits per heavy atom. The summed E-state index contributed by atoms with van der Waals surface area (Å²) < 4.78 is 13.3. The number of carbonyl (C=O) groups excluding carboxylic acids is 1. The number of thiazole rings is 1. The van der Waals surface area contributed by atoms with Crippen LogP contribution in [0.1, 0.15) is 37.3 Å². The van der Waals surface area contributed by atoms with Crippen molar-refractivity contribution < 1.29 is 14.3 Å². The molecule has 0 unspecified atom stereocenters. The highest BCUT2D eigenvalue weighted by atomic mass is 32.1. The highest BCUT2D eigenvalue weighted by Gasteiger charge is 2.29. The minimum atomic E-state index is 0.0620. The molecule has 8 heteroatoms. The monoisotopic (exact) mass is 440 g/mol. The smallest absolute Gasteiger partial charge is 0.248 e. The Kier molecular flexibility index (Phi) is 6.20. The van der Waals surface area contributed by atoms with Gasteiger partial charge in [-0.1, -0.05) is 18.2 Å². The van der Waals surface area contributed by atoms with Gasteiger partial charge in [0.25, 0.3) is 0 Å². The molecular weight excluding hydrogens is 412 g/mol. The number of nitrogens with one attached hydrogen (secondary N) is 1. The maximum atomic E-state index is 12.7. The van der Waals surface area contributed by atoms with Gasteiger partial charge in [0.15, 0.2) is 0 Å². The third-order valence-corrected chi connectivity index (χ3v) is 6.91. The molecule has 0 aliphatic carbocycles. The molecule has 1 aromatic carbocycles. The number of para-hydroxylation sites is 1. The number of ether oxygens (including phenoxy) is 2. The first-order valence-corrected chi connectivity index (χ1v) is 11.9. The van der Waals surface area contributed by atoms with E-state index in [1.165, 1.54) is 0 Å². The minimum Gasteiger partial charge on any atom is -0.376 e. The van der Waals surface area contributed by atoms with Crippen molar-refractivity contribution in [1.82, 2.24) is 14.3 Å². The van der Waals surface area contributed by atoms with E-state index in [0.717, 1.165) is 61.0 Å². The summed E-state index contributed by atoms with van der Waals surface area (Å²) in [7, 11) is 0. The molecule has 2 aliphatic rings. The average molecular weight is 441 g/mol. The van der Waals surface area contributed by atoms with E-state index < -0.39 is 0 Å². The van der Waals surface area contributed by atoms with Gasteiger partial charge in [0.1, 0.15) is 11.4 Å². The van der Waals surface area contributed by atoms with Gasteiger partial charge in [-0.25, -0.2) is 4.98 Å². The van der Waals surface area contributed by atoms with Crippen molar-refractivity contribution in [2.75, 3.05) is 38.2 Å². The number of nitrogens with zero attached hydrogens (tertiary/aromatic N) is 3. The molecule has 31 heavy (non-hydrogen) atoms. The van der Waals surface area contributed by atoms with Crippen molar-refractivity contribution in [1.29, 1.82) is 0 Å². The second-order valence-electron chi connectivity index (χ2n) is 8.22. The SMILES string of the molecule is O=C(COC[C@H]1CCCO1)N1CCC[C@H](c2nc(Nc3ccccc3)n3ccsc23)C1. The largest absolute Gasteiger partial charge is 0.376 e. The standard InChI is InChI=1S/C23H28N4O3S/c28-20(16-29-15-19-9-5-12-30-19)26-10-4-6-17(14-26)21-22-27(11-13-31-22)23(25-21)24-18-7-2-1-3-8-18/h1-3,7-8,11,13,17,19H,4-6,9-10,12,14-16H2,(H,24,25)/t17-,19+/m0/s1. The van der Waals surface area contributed by atoms with Crippen LogP contribution in [0, 0.1) is 0 Å². The molecule has 2 fully saturated rings. The predicted molar refractivity (Wildman–Crippen MR) is 121 cm³/mol. The molecule has 3 aromatic rings. The second-order valence-corrected chi connectivity index (χ2v) is 9.11. The Morgan fingerprint density at radius 2 is 2.16 bits per heavy atom. The molecule has 164 valence electrons. The fourth-order valence-corrected chi connectivity index (χ4v) is 5.33. The first-order chi connectivity index (χ1) is 15.3. The van der Waals surface area contributed by atoms with Crippen LogP contribution < -0.4 is 5.32 Å². The van der Waals surface area contributed by atoms with Gasteiger partial charge in [0, 0.05) is 42.9 Å². The maximum Gasteiger partial charge on any atom is 0.248 e. The lowest BCUT2D eigenvalue weighted by Gasteiger charge is -2.32. The first-order valence-electron chi connectivity index (χ1n) is 11.0. The van der Waals surface area contributed by atoms with Gasteiger partial charge in [0.05, 0.1) is 18.4 Å². The van der Waals surface area contributed by atoms with Crippen LogP contribution in [0.15, 0.2) is 41.9 Å². The lowest BCUT2D eigenvalue weighted by atomic mass is 9.95. The number of hydrogen-bond donors (Lipinski definition) is 1. The Labute approximate surface area is 186 Å². The van der Waals surface area contributed by atoms with Crippen LogP contribution in [0.4, 0.5) is 11.6 Å². The fraction of sp³-hybridized carbons (Fsp3) is 0.478. The van der Waals surface area contributed by atoms with Gasteiger partial charge in [-0.2, -0.15) is 0 Å². The normalized spacial score (nSPS) is 21.6. The summed E-state index contributed by atoms with van der Waals surface area (Å²) in [6.07, 6.45) is 6.32. The molecule has 0 radical (unpaired) electrons. The van der Waals surface area contributed by atoms with Gasteiger partial charge >= 0.3 is 0 Å². The van der Waals surface area contributed by atoms with Crippen molar-refractivity contribution in [3.8, 4) is 0 Å². The number of hydrogen-bond acceptors (Lipinski definition) is 6. The number of amides is 1. The highest BCUT2D eigenvalue weighted by molar-refractivity contribution is 7.15. The van der Waals surface area contributed by atoms with Crippen molar-refractivity contribution in [2.45, 2.75) is 37.7 Å². The number of anilines is 2. The third-order valence-electron chi connectivity index (χ3n) is 6.03. The Bertz CT molecular complexity index is 1010. The van der Waals surface area contributed by atoms with E-state index >= 15 is 0 Å². The molecule has 1 amide bonds. The second kappa shape index (κ2) is 9.38. The van der Waals surface area contributed by atoms with E-state index in [1.54, 1.807) is 11.3 Å². The van der Waals surface area contributed by atoms with Crippen molar-refractivity contribution in [2.24, 2.45) is 0 Å². The molecule has 5 rings (SSSR count). The number of rotatable bonds is 7. The first kappa shape index (κ1) is 20.5. The minimum absolute atomic E-state index is 0.0620. The highest BCUT2D eigenvalue weighted by Crippen LogP contribution is 2.34. The quantitative estimate of drug-likeness (QED) is 0.601. The summed E-state index contributed by atoms with van der Waals surface area (Å²) in [6, 6.07) is 10.1. The van der Waals surface area contributed by atoms with E-state index in [-0.39, 0.29) is 24.5 Å². The van der Waals surface area contributed by atoms with E-state index in [2.05, 4.69) is 15.1 Å². The summed E-state index contributed by atoms with van der Waals surface area (Å²) in [5.74, 6) is 1.11. The van der Waals surface area contributed by atoms with Crippen LogP contribution in [0.25, 0.3) is 4.83 Å². The zero-order valence-electron chi connectivity index (χ0n) is 17.5. The maximum absolute atomic E-state index is 12.7. The van der Waals surface area contributed by atoms with Crippen LogP contribution in [0.2, 0.25) is 0 Å². The van der Waals surface area contributed by atoms with Crippen LogP contribution >= 0.6 is 11.3 Å². The molecule has 2 aliphatic heterocycles. The Morgan fingerprint density at radius 3 is 3.00 bits per heavy atom. The fourth-order valence-electron chi connectivity index (χ4n) is 4.42. The van der Waals surface area contributed by atoms with Crippen LogP contribution in [0.3, 0.4) is 0 Å². The Balaban J connectivity index is 1.25. The zero-order chi connectivity index (χ0) is 21.0. The molecule has 2 saturated heterocycles. The topological polar surface area (TPSA) is 68.1 Å². The van der Waals surface area contributed by atoms with Crippen LogP contribution in [0.5, 0.6) is 0 Å². The molecule has 0 saturated carbocycles. The van der Waals surface area contributed by atoms with Crippen LogP contribution in [-0.4, -0.2) is 59.2 Å². The van der Waals surface area contributed by atoms with Gasteiger partial charge in [-0.3, -0.25) is 9.20 Å². The number of imidazole rings is 1. The summed E-state index contributed by atoms with van der Waals surface area (Å²) >= 11 is 1.70. The van der Waals surface area contributed by atoms with Crippen LogP contribution in [-0.2, 0) is 14.3 Å². The van der Waals surface area contributed by atoms with Crippen molar-refractivity contribution in [3.05, 3.63) is 47.6 Å². The van der Waals surface area contributed by atoms with E-state index in [0.29, 0.717) is 13.2 Å².